The van der Waals surface area contributed by atoms with Gasteiger partial charge >= 0.3 is 0 Å². The van der Waals surface area contributed by atoms with Crippen molar-refractivity contribution in [3.05, 3.63) is 57.7 Å². The van der Waals surface area contributed by atoms with Gasteiger partial charge in [-0.1, -0.05) is 19.1 Å². The summed E-state index contributed by atoms with van der Waals surface area (Å²) in [7, 11) is 0. The number of para-hydroxylation sites is 1. The molecule has 0 aliphatic carbocycles. The molecule has 0 aliphatic rings. The highest BCUT2D eigenvalue weighted by molar-refractivity contribution is 14.1. The van der Waals surface area contributed by atoms with E-state index in [9.17, 15) is 4.79 Å². The Bertz CT molecular complexity index is 581. The van der Waals surface area contributed by atoms with E-state index < -0.39 is 0 Å². The summed E-state index contributed by atoms with van der Waals surface area (Å²) < 4.78 is 6.73. The minimum absolute atomic E-state index is 0.155. The van der Waals surface area contributed by atoms with Crippen LogP contribution in [0.4, 0.5) is 5.69 Å². The number of benzene rings is 2. The van der Waals surface area contributed by atoms with Crippen molar-refractivity contribution >= 4 is 34.2 Å². The number of halogens is 1. The van der Waals surface area contributed by atoms with Gasteiger partial charge < -0.3 is 10.1 Å². The highest BCUT2D eigenvalue weighted by atomic mass is 127. The van der Waals surface area contributed by atoms with Crippen LogP contribution in [0.3, 0.4) is 0 Å². The highest BCUT2D eigenvalue weighted by Gasteiger charge is 2.12. The molecule has 0 heterocycles. The van der Waals surface area contributed by atoms with Crippen molar-refractivity contribution in [2.75, 3.05) is 11.9 Å². The molecule has 0 bridgehead atoms. The van der Waals surface area contributed by atoms with E-state index in [0.717, 1.165) is 15.7 Å². The zero-order chi connectivity index (χ0) is 14.4. The van der Waals surface area contributed by atoms with Crippen molar-refractivity contribution in [3.8, 4) is 5.75 Å². The van der Waals surface area contributed by atoms with Gasteiger partial charge in [-0.2, -0.15) is 0 Å². The van der Waals surface area contributed by atoms with Crippen LogP contribution < -0.4 is 10.1 Å². The molecule has 2 aromatic rings. The Hall–Kier alpha value is -1.56. The molecule has 4 heteroatoms. The summed E-state index contributed by atoms with van der Waals surface area (Å²) in [6, 6.07) is 15.0. The van der Waals surface area contributed by atoms with Crippen LogP contribution in [0.2, 0.25) is 0 Å². The smallest absolute Gasteiger partial charge is 0.259 e. The van der Waals surface area contributed by atoms with Gasteiger partial charge in [0.15, 0.2) is 0 Å². The molecule has 3 nitrogen and oxygen atoms in total. The lowest BCUT2D eigenvalue weighted by Crippen LogP contribution is -2.13. The quantitative estimate of drug-likeness (QED) is 0.783. The molecule has 0 spiro atoms. The third kappa shape index (κ3) is 3.96. The van der Waals surface area contributed by atoms with Gasteiger partial charge in [-0.3, -0.25) is 4.79 Å². The summed E-state index contributed by atoms with van der Waals surface area (Å²) in [5, 5.41) is 2.88. The molecule has 0 atom stereocenters. The molecule has 104 valence electrons. The Morgan fingerprint density at radius 2 is 1.85 bits per heavy atom. The number of amides is 1. The maximum atomic E-state index is 12.3. The van der Waals surface area contributed by atoms with Gasteiger partial charge in [-0.25, -0.2) is 0 Å². The van der Waals surface area contributed by atoms with Crippen LogP contribution in [0.25, 0.3) is 0 Å². The van der Waals surface area contributed by atoms with Crippen LogP contribution in [0.5, 0.6) is 5.75 Å². The normalized spacial score (nSPS) is 10.1. The van der Waals surface area contributed by atoms with Crippen LogP contribution in [0, 0.1) is 3.57 Å². The van der Waals surface area contributed by atoms with E-state index in [1.165, 1.54) is 0 Å². The van der Waals surface area contributed by atoms with Gasteiger partial charge in [0.25, 0.3) is 5.91 Å². The van der Waals surface area contributed by atoms with E-state index in [1.54, 1.807) is 6.07 Å². The summed E-state index contributed by atoms with van der Waals surface area (Å²) in [6.45, 7) is 2.64. The van der Waals surface area contributed by atoms with Crippen LogP contribution in [-0.4, -0.2) is 12.5 Å². The van der Waals surface area contributed by atoms with Crippen molar-refractivity contribution < 1.29 is 9.53 Å². The molecule has 20 heavy (non-hydrogen) atoms. The number of hydrogen-bond donors (Lipinski definition) is 1. The Labute approximate surface area is 132 Å². The average molecular weight is 381 g/mol. The van der Waals surface area contributed by atoms with Gasteiger partial charge in [0.1, 0.15) is 5.75 Å². The summed E-state index contributed by atoms with van der Waals surface area (Å²) in [5.41, 5.74) is 1.33. The minimum Gasteiger partial charge on any atom is -0.493 e. The molecule has 1 N–H and O–H groups in total. The molecule has 2 aromatic carbocycles. The lowest BCUT2D eigenvalue weighted by molar-refractivity contribution is 0.102. The molecular weight excluding hydrogens is 365 g/mol. The molecule has 0 saturated carbocycles. The van der Waals surface area contributed by atoms with E-state index in [1.807, 2.05) is 49.4 Å². The van der Waals surface area contributed by atoms with Crippen LogP contribution >= 0.6 is 22.6 Å². The van der Waals surface area contributed by atoms with Gasteiger partial charge in [0, 0.05) is 9.26 Å². The van der Waals surface area contributed by atoms with Gasteiger partial charge in [0.2, 0.25) is 0 Å². The maximum Gasteiger partial charge on any atom is 0.259 e. The number of nitrogens with one attached hydrogen (secondary N) is 1. The minimum atomic E-state index is -0.155. The summed E-state index contributed by atoms with van der Waals surface area (Å²) in [4.78, 5) is 12.3. The molecule has 0 aliphatic heterocycles. The molecule has 2 rings (SSSR count). The fraction of sp³-hybridized carbons (Fsp3) is 0.188. The third-order valence-corrected chi connectivity index (χ3v) is 3.41. The molecule has 0 fully saturated rings. The first-order valence-corrected chi connectivity index (χ1v) is 7.57. The number of carbonyl (C=O) groups is 1. The van der Waals surface area contributed by atoms with E-state index in [0.29, 0.717) is 17.9 Å². The summed E-state index contributed by atoms with van der Waals surface area (Å²) >= 11 is 2.23. The lowest BCUT2D eigenvalue weighted by atomic mass is 10.2. The number of hydrogen-bond acceptors (Lipinski definition) is 2. The molecule has 0 unspecified atom stereocenters. The zero-order valence-electron chi connectivity index (χ0n) is 11.2. The number of carbonyl (C=O) groups excluding carboxylic acids is 1. The lowest BCUT2D eigenvalue weighted by Gasteiger charge is -2.11. The van der Waals surface area contributed by atoms with E-state index in [4.69, 9.17) is 4.74 Å². The second-order valence-corrected chi connectivity index (χ2v) is 5.55. The highest BCUT2D eigenvalue weighted by Crippen LogP contribution is 2.20. The molecule has 1 amide bonds. The first-order valence-electron chi connectivity index (χ1n) is 6.49. The van der Waals surface area contributed by atoms with Crippen molar-refractivity contribution in [3.63, 3.8) is 0 Å². The van der Waals surface area contributed by atoms with Crippen molar-refractivity contribution in [2.24, 2.45) is 0 Å². The topological polar surface area (TPSA) is 38.3 Å². The fourth-order valence-electron chi connectivity index (χ4n) is 1.72. The molecular formula is C16H16INO2. The van der Waals surface area contributed by atoms with Crippen LogP contribution in [0.15, 0.2) is 48.5 Å². The van der Waals surface area contributed by atoms with Gasteiger partial charge in [-0.05, 0) is 65.4 Å². The van der Waals surface area contributed by atoms with Crippen molar-refractivity contribution in [2.45, 2.75) is 13.3 Å². The van der Waals surface area contributed by atoms with Crippen LogP contribution in [0.1, 0.15) is 23.7 Å². The first-order chi connectivity index (χ1) is 9.70. The molecule has 0 saturated heterocycles. The average Bonchev–Trinajstić information content (AvgIpc) is 2.47. The third-order valence-electron chi connectivity index (χ3n) is 2.70. The maximum absolute atomic E-state index is 12.3. The second kappa shape index (κ2) is 7.28. The SMILES string of the molecule is CCCOc1ccccc1C(=O)Nc1ccc(I)cc1. The Balaban J connectivity index is 2.14. The predicted octanol–water partition coefficient (Wildman–Crippen LogP) is 4.33. The zero-order valence-corrected chi connectivity index (χ0v) is 13.4. The first kappa shape index (κ1) is 14.8. The molecule has 0 aromatic heterocycles. The second-order valence-electron chi connectivity index (χ2n) is 4.31. The van der Waals surface area contributed by atoms with Gasteiger partial charge in [0.05, 0.1) is 12.2 Å². The largest absolute Gasteiger partial charge is 0.493 e. The number of anilines is 1. The summed E-state index contributed by atoms with van der Waals surface area (Å²) in [5.74, 6) is 0.468. The standard InChI is InChI=1S/C16H16INO2/c1-2-11-20-15-6-4-3-5-14(15)16(19)18-13-9-7-12(17)8-10-13/h3-10H,2,11H2,1H3,(H,18,19). The number of rotatable bonds is 5. The van der Waals surface area contributed by atoms with E-state index in [2.05, 4.69) is 27.9 Å². The van der Waals surface area contributed by atoms with Crippen molar-refractivity contribution in [1.82, 2.24) is 0 Å². The Morgan fingerprint density at radius 3 is 2.55 bits per heavy atom. The van der Waals surface area contributed by atoms with E-state index >= 15 is 0 Å². The Kier molecular flexibility index (Phi) is 5.40. The van der Waals surface area contributed by atoms with Gasteiger partial charge in [-0.15, -0.1) is 0 Å². The summed E-state index contributed by atoms with van der Waals surface area (Å²) in [6.07, 6.45) is 0.910. The monoisotopic (exact) mass is 381 g/mol. The molecule has 0 radical (unpaired) electrons. The van der Waals surface area contributed by atoms with Crippen LogP contribution in [-0.2, 0) is 0 Å². The number of ether oxygens (including phenoxy) is 1. The predicted molar refractivity (Wildman–Crippen MR) is 89.3 cm³/mol. The Morgan fingerprint density at radius 1 is 1.15 bits per heavy atom. The van der Waals surface area contributed by atoms with Crippen molar-refractivity contribution in [1.29, 1.82) is 0 Å². The van der Waals surface area contributed by atoms with E-state index in [-0.39, 0.29) is 5.91 Å². The fourth-order valence-corrected chi connectivity index (χ4v) is 2.08.